The molecule has 1 fully saturated rings. The molecule has 2 amide bonds. The average Bonchev–Trinajstić information content (AvgIpc) is 2.67. The van der Waals surface area contributed by atoms with Gasteiger partial charge in [0.1, 0.15) is 23.9 Å². The van der Waals surface area contributed by atoms with E-state index in [2.05, 4.69) is 15.3 Å². The van der Waals surface area contributed by atoms with Gasteiger partial charge in [0.2, 0.25) is 5.91 Å². The van der Waals surface area contributed by atoms with Gasteiger partial charge in [-0.15, -0.1) is 0 Å². The van der Waals surface area contributed by atoms with Gasteiger partial charge < -0.3 is 15.0 Å². The highest BCUT2D eigenvalue weighted by molar-refractivity contribution is 6.29. The number of rotatable bonds is 4. The average molecular weight is 375 g/mol. The van der Waals surface area contributed by atoms with Crippen LogP contribution in [0.15, 0.2) is 42.7 Å². The zero-order valence-electron chi connectivity index (χ0n) is 14.1. The minimum Gasteiger partial charge on any atom is -0.445 e. The van der Waals surface area contributed by atoms with Crippen molar-refractivity contribution in [3.8, 4) is 0 Å². The molecule has 0 aliphatic carbocycles. The number of anilines is 1. The standard InChI is InChI=1S/C18H19ClN4O3/c19-15-9-16(21-12-20-15)22-17(24)14-7-4-8-23(10-14)18(25)26-11-13-5-2-1-3-6-13/h1-3,5-6,9,12,14H,4,7-8,10-11H2,(H,20,21,22,24). The van der Waals surface area contributed by atoms with Crippen LogP contribution in [-0.2, 0) is 16.1 Å². The molecule has 1 aromatic carbocycles. The Balaban J connectivity index is 1.53. The first kappa shape index (κ1) is 18.1. The minimum absolute atomic E-state index is 0.194. The summed E-state index contributed by atoms with van der Waals surface area (Å²) in [6, 6.07) is 11.0. The van der Waals surface area contributed by atoms with Gasteiger partial charge >= 0.3 is 6.09 Å². The molecule has 3 rings (SSSR count). The van der Waals surface area contributed by atoms with Gasteiger partial charge in [-0.05, 0) is 18.4 Å². The van der Waals surface area contributed by atoms with Crippen molar-refractivity contribution < 1.29 is 14.3 Å². The minimum atomic E-state index is -0.406. The molecule has 2 heterocycles. The monoisotopic (exact) mass is 374 g/mol. The fraction of sp³-hybridized carbons (Fsp3) is 0.333. The number of aromatic nitrogens is 2. The Morgan fingerprint density at radius 3 is 2.85 bits per heavy atom. The van der Waals surface area contributed by atoms with Crippen LogP contribution in [0.4, 0.5) is 10.6 Å². The highest BCUT2D eigenvalue weighted by atomic mass is 35.5. The second kappa shape index (κ2) is 8.62. The van der Waals surface area contributed by atoms with E-state index in [-0.39, 0.29) is 23.6 Å². The lowest BCUT2D eigenvalue weighted by molar-refractivity contribution is -0.121. The SMILES string of the molecule is O=C(Nc1cc(Cl)ncn1)C1CCCN(C(=O)OCc2ccccc2)C1. The number of nitrogens with zero attached hydrogens (tertiary/aromatic N) is 3. The van der Waals surface area contributed by atoms with E-state index in [0.29, 0.717) is 25.3 Å². The maximum absolute atomic E-state index is 12.4. The summed E-state index contributed by atoms with van der Waals surface area (Å²) in [5.41, 5.74) is 0.924. The number of ether oxygens (including phenoxy) is 1. The molecule has 26 heavy (non-hydrogen) atoms. The molecule has 0 saturated carbocycles. The number of nitrogens with one attached hydrogen (secondary N) is 1. The molecule has 1 atom stereocenters. The molecule has 0 radical (unpaired) electrons. The van der Waals surface area contributed by atoms with Crippen molar-refractivity contribution >= 4 is 29.4 Å². The quantitative estimate of drug-likeness (QED) is 0.831. The van der Waals surface area contributed by atoms with Crippen molar-refractivity contribution in [1.82, 2.24) is 14.9 Å². The third-order valence-corrected chi connectivity index (χ3v) is 4.35. The third kappa shape index (κ3) is 4.92. The van der Waals surface area contributed by atoms with Gasteiger partial charge in [-0.3, -0.25) is 4.79 Å². The molecule has 1 N–H and O–H groups in total. The summed E-state index contributed by atoms with van der Waals surface area (Å²) >= 11 is 5.79. The summed E-state index contributed by atoms with van der Waals surface area (Å²) < 4.78 is 5.35. The molecular formula is C18H19ClN4O3. The van der Waals surface area contributed by atoms with E-state index in [0.717, 1.165) is 12.0 Å². The topological polar surface area (TPSA) is 84.4 Å². The predicted octanol–water partition coefficient (Wildman–Crippen LogP) is 3.12. The largest absolute Gasteiger partial charge is 0.445 e. The van der Waals surface area contributed by atoms with Gasteiger partial charge in [0, 0.05) is 19.2 Å². The zero-order chi connectivity index (χ0) is 18.4. The Labute approximate surface area is 156 Å². The Kier molecular flexibility index (Phi) is 6.01. The van der Waals surface area contributed by atoms with Crippen LogP contribution in [0, 0.1) is 5.92 Å². The maximum atomic E-state index is 12.4. The molecule has 0 bridgehead atoms. The fourth-order valence-electron chi connectivity index (χ4n) is 2.80. The Morgan fingerprint density at radius 2 is 2.08 bits per heavy atom. The Hall–Kier alpha value is -2.67. The lowest BCUT2D eigenvalue weighted by atomic mass is 9.97. The third-order valence-electron chi connectivity index (χ3n) is 4.14. The molecule has 1 aliphatic rings. The summed E-state index contributed by atoms with van der Waals surface area (Å²) in [5, 5.41) is 2.97. The number of likely N-dealkylation sites (tertiary alicyclic amines) is 1. The molecule has 2 aromatic rings. The number of carbonyl (C=O) groups is 2. The molecule has 7 nitrogen and oxygen atoms in total. The number of benzene rings is 1. The van der Waals surface area contributed by atoms with Crippen molar-refractivity contribution in [3.05, 3.63) is 53.4 Å². The first-order chi connectivity index (χ1) is 12.6. The van der Waals surface area contributed by atoms with Crippen molar-refractivity contribution in [2.45, 2.75) is 19.4 Å². The Morgan fingerprint density at radius 1 is 1.27 bits per heavy atom. The van der Waals surface area contributed by atoms with Crippen molar-refractivity contribution in [2.75, 3.05) is 18.4 Å². The van der Waals surface area contributed by atoms with Crippen LogP contribution >= 0.6 is 11.6 Å². The zero-order valence-corrected chi connectivity index (χ0v) is 14.9. The van der Waals surface area contributed by atoms with E-state index in [1.807, 2.05) is 30.3 Å². The first-order valence-electron chi connectivity index (χ1n) is 8.36. The fourth-order valence-corrected chi connectivity index (χ4v) is 2.94. The van der Waals surface area contributed by atoms with Crippen LogP contribution < -0.4 is 5.32 Å². The maximum Gasteiger partial charge on any atom is 0.410 e. The number of hydrogen-bond acceptors (Lipinski definition) is 5. The van der Waals surface area contributed by atoms with Gasteiger partial charge in [-0.25, -0.2) is 14.8 Å². The molecule has 8 heteroatoms. The highest BCUT2D eigenvalue weighted by Crippen LogP contribution is 2.20. The molecule has 0 spiro atoms. The molecule has 1 aromatic heterocycles. The van der Waals surface area contributed by atoms with Crippen molar-refractivity contribution in [2.24, 2.45) is 5.92 Å². The van der Waals surface area contributed by atoms with Crippen LogP contribution in [-0.4, -0.2) is 40.0 Å². The van der Waals surface area contributed by atoms with E-state index in [1.54, 1.807) is 4.90 Å². The second-order valence-corrected chi connectivity index (χ2v) is 6.43. The van der Waals surface area contributed by atoms with Crippen LogP contribution in [0.25, 0.3) is 0 Å². The summed E-state index contributed by atoms with van der Waals surface area (Å²) in [6.45, 7) is 1.11. The van der Waals surface area contributed by atoms with Gasteiger partial charge in [0.25, 0.3) is 0 Å². The molecule has 1 aliphatic heterocycles. The number of halogens is 1. The number of piperidine rings is 1. The molecule has 136 valence electrons. The number of carbonyl (C=O) groups excluding carboxylic acids is 2. The van der Waals surface area contributed by atoms with Crippen LogP contribution in [0.5, 0.6) is 0 Å². The molecule has 1 saturated heterocycles. The van der Waals surface area contributed by atoms with E-state index in [4.69, 9.17) is 16.3 Å². The first-order valence-corrected chi connectivity index (χ1v) is 8.73. The lowest BCUT2D eigenvalue weighted by Gasteiger charge is -2.31. The normalized spacial score (nSPS) is 16.8. The van der Waals surface area contributed by atoms with E-state index in [1.165, 1.54) is 12.4 Å². The summed E-state index contributed by atoms with van der Waals surface area (Å²) in [7, 11) is 0. The van der Waals surface area contributed by atoms with E-state index in [9.17, 15) is 9.59 Å². The Bertz CT molecular complexity index is 772. The van der Waals surface area contributed by atoms with Crippen molar-refractivity contribution in [1.29, 1.82) is 0 Å². The van der Waals surface area contributed by atoms with Crippen molar-refractivity contribution in [3.63, 3.8) is 0 Å². The van der Waals surface area contributed by atoms with Crippen LogP contribution in [0.1, 0.15) is 18.4 Å². The second-order valence-electron chi connectivity index (χ2n) is 6.04. The number of hydrogen-bond donors (Lipinski definition) is 1. The summed E-state index contributed by atoms with van der Waals surface area (Å²) in [6.07, 6.45) is 2.32. The van der Waals surface area contributed by atoms with Gasteiger partial charge in [-0.1, -0.05) is 41.9 Å². The van der Waals surface area contributed by atoms with Gasteiger partial charge in [0.15, 0.2) is 0 Å². The van der Waals surface area contributed by atoms with Crippen LogP contribution in [0.3, 0.4) is 0 Å². The van der Waals surface area contributed by atoms with Gasteiger partial charge in [0.05, 0.1) is 5.92 Å². The van der Waals surface area contributed by atoms with Crippen LogP contribution in [0.2, 0.25) is 5.15 Å². The molecule has 1 unspecified atom stereocenters. The van der Waals surface area contributed by atoms with E-state index < -0.39 is 6.09 Å². The summed E-state index contributed by atoms with van der Waals surface area (Å²) in [5.74, 6) is -0.166. The van der Waals surface area contributed by atoms with E-state index >= 15 is 0 Å². The molecular weight excluding hydrogens is 356 g/mol. The smallest absolute Gasteiger partial charge is 0.410 e. The lowest BCUT2D eigenvalue weighted by Crippen LogP contribution is -2.44. The highest BCUT2D eigenvalue weighted by Gasteiger charge is 2.29. The van der Waals surface area contributed by atoms with Gasteiger partial charge in [-0.2, -0.15) is 0 Å². The summed E-state index contributed by atoms with van der Waals surface area (Å²) in [4.78, 5) is 34.0. The number of amides is 2. The predicted molar refractivity (Wildman–Crippen MR) is 96.6 cm³/mol.